The summed E-state index contributed by atoms with van der Waals surface area (Å²) < 4.78 is 0. The summed E-state index contributed by atoms with van der Waals surface area (Å²) >= 11 is 0. The fourth-order valence-corrected chi connectivity index (χ4v) is 3.63. The van der Waals surface area contributed by atoms with Crippen LogP contribution in [0, 0.1) is 5.92 Å². The summed E-state index contributed by atoms with van der Waals surface area (Å²) in [6, 6.07) is 0. The van der Waals surface area contributed by atoms with Crippen molar-refractivity contribution in [1.82, 2.24) is 9.80 Å². The molecule has 126 valence electrons. The first-order chi connectivity index (χ1) is 10.1. The van der Waals surface area contributed by atoms with E-state index in [1.54, 1.807) is 0 Å². The van der Waals surface area contributed by atoms with E-state index < -0.39 is 5.60 Å². The Kier molecular flexibility index (Phi) is 8.79. The van der Waals surface area contributed by atoms with Crippen LogP contribution in [0.4, 0.5) is 0 Å². The normalized spacial score (nSPS) is 26.1. The second-order valence-corrected chi connectivity index (χ2v) is 6.50. The molecule has 0 radical (unpaired) electrons. The fourth-order valence-electron chi connectivity index (χ4n) is 3.63. The molecular formula is C17H37N3O. The van der Waals surface area contributed by atoms with Crippen LogP contribution < -0.4 is 5.73 Å². The van der Waals surface area contributed by atoms with Crippen molar-refractivity contribution < 1.29 is 5.11 Å². The van der Waals surface area contributed by atoms with Gasteiger partial charge in [0.05, 0.1) is 5.60 Å². The Hall–Kier alpha value is -0.160. The van der Waals surface area contributed by atoms with Crippen molar-refractivity contribution in [1.29, 1.82) is 0 Å². The first-order valence-electron chi connectivity index (χ1n) is 8.96. The highest BCUT2D eigenvalue weighted by Gasteiger charge is 2.39. The number of hydrogen-bond donors (Lipinski definition) is 2. The summed E-state index contributed by atoms with van der Waals surface area (Å²) in [4.78, 5) is 5.01. The van der Waals surface area contributed by atoms with E-state index >= 15 is 0 Å². The molecule has 0 aromatic rings. The Morgan fingerprint density at radius 3 is 2.24 bits per heavy atom. The van der Waals surface area contributed by atoms with Gasteiger partial charge >= 0.3 is 0 Å². The lowest BCUT2D eigenvalue weighted by atomic mass is 9.88. The average Bonchev–Trinajstić information content (AvgIpc) is 2.88. The maximum Gasteiger partial charge on any atom is 0.0797 e. The Morgan fingerprint density at radius 2 is 1.67 bits per heavy atom. The number of aliphatic hydroxyl groups is 1. The molecule has 0 aromatic carbocycles. The largest absolute Gasteiger partial charge is 0.388 e. The van der Waals surface area contributed by atoms with E-state index in [1.807, 2.05) is 0 Å². The third-order valence-electron chi connectivity index (χ3n) is 5.36. The Bertz CT molecular complexity index is 271. The highest BCUT2D eigenvalue weighted by Crippen LogP contribution is 2.37. The van der Waals surface area contributed by atoms with Crippen LogP contribution >= 0.6 is 0 Å². The van der Waals surface area contributed by atoms with Gasteiger partial charge in [-0.15, -0.1) is 0 Å². The van der Waals surface area contributed by atoms with Crippen molar-refractivity contribution in [3.63, 3.8) is 0 Å². The number of hydrogen-bond acceptors (Lipinski definition) is 4. The molecule has 1 aliphatic carbocycles. The predicted molar refractivity (Wildman–Crippen MR) is 90.5 cm³/mol. The minimum Gasteiger partial charge on any atom is -0.388 e. The summed E-state index contributed by atoms with van der Waals surface area (Å²) in [5.74, 6) is 0.402. The minimum atomic E-state index is -0.583. The third-order valence-corrected chi connectivity index (χ3v) is 5.36. The highest BCUT2D eigenvalue weighted by atomic mass is 16.3. The van der Waals surface area contributed by atoms with Crippen LogP contribution in [0.25, 0.3) is 0 Å². The van der Waals surface area contributed by atoms with Crippen LogP contribution in [0.5, 0.6) is 0 Å². The molecule has 3 N–H and O–H groups in total. The topological polar surface area (TPSA) is 52.7 Å². The van der Waals surface area contributed by atoms with Crippen molar-refractivity contribution in [3.8, 4) is 0 Å². The van der Waals surface area contributed by atoms with Gasteiger partial charge in [0, 0.05) is 6.54 Å². The maximum atomic E-state index is 10.5. The lowest BCUT2D eigenvalue weighted by Crippen LogP contribution is -2.42. The van der Waals surface area contributed by atoms with Crippen LogP contribution in [-0.2, 0) is 0 Å². The average molecular weight is 300 g/mol. The van der Waals surface area contributed by atoms with Crippen molar-refractivity contribution in [2.45, 2.75) is 58.5 Å². The molecule has 1 fully saturated rings. The van der Waals surface area contributed by atoms with Crippen molar-refractivity contribution in [2.24, 2.45) is 11.7 Å². The number of rotatable bonds is 11. The van der Waals surface area contributed by atoms with E-state index in [-0.39, 0.29) is 0 Å². The third kappa shape index (κ3) is 5.85. The van der Waals surface area contributed by atoms with Gasteiger partial charge in [-0.25, -0.2) is 0 Å². The molecule has 2 atom stereocenters. The van der Waals surface area contributed by atoms with E-state index in [0.717, 1.165) is 51.9 Å². The maximum absolute atomic E-state index is 10.5. The molecule has 0 saturated heterocycles. The van der Waals surface area contributed by atoms with Crippen LogP contribution in [0.1, 0.15) is 52.9 Å². The van der Waals surface area contributed by atoms with Gasteiger partial charge in [0.25, 0.3) is 0 Å². The lowest BCUT2D eigenvalue weighted by molar-refractivity contribution is 0.00462. The summed E-state index contributed by atoms with van der Waals surface area (Å²) in [6.07, 6.45) is 5.49. The van der Waals surface area contributed by atoms with Crippen LogP contribution in [0.3, 0.4) is 0 Å². The zero-order valence-corrected chi connectivity index (χ0v) is 14.5. The second-order valence-electron chi connectivity index (χ2n) is 6.50. The molecule has 21 heavy (non-hydrogen) atoms. The molecule has 1 aliphatic rings. The molecule has 4 heteroatoms. The van der Waals surface area contributed by atoms with Gasteiger partial charge < -0.3 is 20.6 Å². The van der Waals surface area contributed by atoms with Gasteiger partial charge in [-0.1, -0.05) is 27.2 Å². The zero-order chi connectivity index (χ0) is 15.7. The standard InChI is InChI=1S/C17H37N3O/c1-4-19(5-2)12-8-13-20(6-3)14-10-16-9-7-11-17(16,21)15-18/h16,21H,4-15,18H2,1-3H3. The van der Waals surface area contributed by atoms with Gasteiger partial charge in [-0.3, -0.25) is 0 Å². The summed E-state index contributed by atoms with van der Waals surface area (Å²) in [7, 11) is 0. The second kappa shape index (κ2) is 9.78. The highest BCUT2D eigenvalue weighted by molar-refractivity contribution is 4.93. The van der Waals surface area contributed by atoms with Crippen LogP contribution in [0.15, 0.2) is 0 Å². The Labute approximate surface area is 131 Å². The summed E-state index contributed by atoms with van der Waals surface area (Å²) in [5, 5.41) is 10.5. The fraction of sp³-hybridized carbons (Fsp3) is 1.00. The molecule has 0 aliphatic heterocycles. The molecule has 0 aromatic heterocycles. The van der Waals surface area contributed by atoms with Gasteiger partial charge in [-0.05, 0) is 70.9 Å². The van der Waals surface area contributed by atoms with Crippen LogP contribution in [0.2, 0.25) is 0 Å². The smallest absolute Gasteiger partial charge is 0.0797 e. The molecular weight excluding hydrogens is 262 g/mol. The molecule has 0 spiro atoms. The van der Waals surface area contributed by atoms with Crippen molar-refractivity contribution in [2.75, 3.05) is 45.8 Å². The summed E-state index contributed by atoms with van der Waals surface area (Å²) in [5.41, 5.74) is 5.19. The first-order valence-corrected chi connectivity index (χ1v) is 8.96. The van der Waals surface area contributed by atoms with Gasteiger partial charge in [-0.2, -0.15) is 0 Å². The van der Waals surface area contributed by atoms with E-state index in [4.69, 9.17) is 5.73 Å². The quantitative estimate of drug-likeness (QED) is 0.612. The molecule has 0 bridgehead atoms. The first kappa shape index (κ1) is 18.9. The summed E-state index contributed by atoms with van der Waals surface area (Å²) in [6.45, 7) is 14.0. The molecule has 1 rings (SSSR count). The minimum absolute atomic E-state index is 0.402. The molecule has 4 nitrogen and oxygen atoms in total. The monoisotopic (exact) mass is 299 g/mol. The SMILES string of the molecule is CCN(CC)CCCN(CC)CCC1CCCC1(O)CN. The molecule has 0 amide bonds. The molecule has 0 heterocycles. The van der Waals surface area contributed by atoms with Crippen molar-refractivity contribution >= 4 is 0 Å². The van der Waals surface area contributed by atoms with E-state index in [1.165, 1.54) is 19.5 Å². The Balaban J connectivity index is 2.27. The van der Waals surface area contributed by atoms with Gasteiger partial charge in [0.15, 0.2) is 0 Å². The van der Waals surface area contributed by atoms with E-state index in [9.17, 15) is 5.11 Å². The van der Waals surface area contributed by atoms with Crippen LogP contribution in [-0.4, -0.2) is 66.3 Å². The van der Waals surface area contributed by atoms with Gasteiger partial charge in [0.1, 0.15) is 0 Å². The number of nitrogens with zero attached hydrogens (tertiary/aromatic N) is 2. The zero-order valence-electron chi connectivity index (χ0n) is 14.5. The van der Waals surface area contributed by atoms with Gasteiger partial charge in [0.2, 0.25) is 0 Å². The molecule has 1 saturated carbocycles. The molecule has 2 unspecified atom stereocenters. The number of nitrogens with two attached hydrogens (primary N) is 1. The predicted octanol–water partition coefficient (Wildman–Crippen LogP) is 1.92. The Morgan fingerprint density at radius 1 is 1.05 bits per heavy atom. The van der Waals surface area contributed by atoms with Crippen molar-refractivity contribution in [3.05, 3.63) is 0 Å². The van der Waals surface area contributed by atoms with E-state index in [2.05, 4.69) is 30.6 Å². The lowest BCUT2D eigenvalue weighted by Gasteiger charge is -2.31. The van der Waals surface area contributed by atoms with E-state index in [0.29, 0.717) is 12.5 Å².